The molecule has 0 aromatic heterocycles. The van der Waals surface area contributed by atoms with E-state index in [4.69, 9.17) is 21.1 Å². The van der Waals surface area contributed by atoms with Crippen LogP contribution in [0.25, 0.3) is 0 Å². The largest absolute Gasteiger partial charge is 0.486 e. The number of halogens is 1. The number of nitrogens with zero attached hydrogens (tertiary/aromatic N) is 1. The standard InChI is InChI=1S/C19H18ClN3O4/c20-12-1-3-13(4-2-12)21-19(25)22-14-9-18(24)23(11-14)15-5-6-16-17(10-15)27-8-7-26-16/h1-6,10,14H,7-9,11H2,(H2,21,22,25). The van der Waals surface area contributed by atoms with Gasteiger partial charge < -0.3 is 25.0 Å². The average molecular weight is 388 g/mol. The van der Waals surface area contributed by atoms with E-state index in [0.717, 1.165) is 5.69 Å². The van der Waals surface area contributed by atoms with Gasteiger partial charge in [0.25, 0.3) is 0 Å². The third-order valence-corrected chi connectivity index (χ3v) is 4.65. The van der Waals surface area contributed by atoms with Crippen LogP contribution in [0.3, 0.4) is 0 Å². The summed E-state index contributed by atoms with van der Waals surface area (Å²) in [6, 6.07) is 11.6. The van der Waals surface area contributed by atoms with Gasteiger partial charge in [0.05, 0.1) is 6.04 Å². The number of carbonyl (C=O) groups is 2. The zero-order valence-corrected chi connectivity index (χ0v) is 15.2. The summed E-state index contributed by atoms with van der Waals surface area (Å²) in [5, 5.41) is 6.16. The smallest absolute Gasteiger partial charge is 0.319 e. The van der Waals surface area contributed by atoms with Crippen molar-refractivity contribution in [2.24, 2.45) is 0 Å². The van der Waals surface area contributed by atoms with Crippen LogP contribution in [0.2, 0.25) is 5.02 Å². The summed E-state index contributed by atoms with van der Waals surface area (Å²) in [4.78, 5) is 26.2. The average Bonchev–Trinajstić information content (AvgIpc) is 3.03. The number of amides is 3. The summed E-state index contributed by atoms with van der Waals surface area (Å²) in [7, 11) is 0. The van der Waals surface area contributed by atoms with Crippen molar-refractivity contribution in [3.05, 3.63) is 47.5 Å². The first-order chi connectivity index (χ1) is 13.1. The molecule has 2 aromatic carbocycles. The minimum Gasteiger partial charge on any atom is -0.486 e. The van der Waals surface area contributed by atoms with Gasteiger partial charge in [-0.25, -0.2) is 4.79 Å². The zero-order valence-electron chi connectivity index (χ0n) is 14.4. The lowest BCUT2D eigenvalue weighted by Crippen LogP contribution is -2.39. The molecule has 0 aliphatic carbocycles. The number of benzene rings is 2. The third-order valence-electron chi connectivity index (χ3n) is 4.40. The Morgan fingerprint density at radius 3 is 2.59 bits per heavy atom. The summed E-state index contributed by atoms with van der Waals surface area (Å²) in [6.07, 6.45) is 0.239. The molecule has 2 aromatic rings. The van der Waals surface area contributed by atoms with Crippen molar-refractivity contribution in [1.82, 2.24) is 5.32 Å². The Kier molecular flexibility index (Phi) is 4.77. The van der Waals surface area contributed by atoms with E-state index in [9.17, 15) is 9.59 Å². The van der Waals surface area contributed by atoms with Crippen molar-refractivity contribution in [1.29, 1.82) is 0 Å². The van der Waals surface area contributed by atoms with Gasteiger partial charge in [0.15, 0.2) is 11.5 Å². The van der Waals surface area contributed by atoms with Crippen LogP contribution in [-0.2, 0) is 4.79 Å². The molecule has 1 unspecified atom stereocenters. The molecule has 1 saturated heterocycles. The summed E-state index contributed by atoms with van der Waals surface area (Å²) >= 11 is 5.83. The fraction of sp³-hybridized carbons (Fsp3) is 0.263. The van der Waals surface area contributed by atoms with Crippen molar-refractivity contribution in [2.75, 3.05) is 30.0 Å². The normalized spacial score (nSPS) is 18.3. The monoisotopic (exact) mass is 387 g/mol. The molecule has 8 heteroatoms. The Morgan fingerprint density at radius 2 is 1.81 bits per heavy atom. The molecule has 1 atom stereocenters. The molecule has 1 fully saturated rings. The maximum absolute atomic E-state index is 12.4. The number of carbonyl (C=O) groups excluding carboxylic acids is 2. The van der Waals surface area contributed by atoms with E-state index in [0.29, 0.717) is 42.0 Å². The predicted molar refractivity (Wildman–Crippen MR) is 102 cm³/mol. The van der Waals surface area contributed by atoms with Gasteiger partial charge in [-0.2, -0.15) is 0 Å². The summed E-state index contributed by atoms with van der Waals surface area (Å²) < 4.78 is 11.1. The second-order valence-electron chi connectivity index (χ2n) is 6.34. The maximum atomic E-state index is 12.4. The molecule has 140 valence electrons. The van der Waals surface area contributed by atoms with Crippen LogP contribution in [0.15, 0.2) is 42.5 Å². The highest BCUT2D eigenvalue weighted by Crippen LogP contribution is 2.35. The molecule has 4 rings (SSSR count). The summed E-state index contributed by atoms with van der Waals surface area (Å²) in [5.74, 6) is 1.25. The van der Waals surface area contributed by atoms with Gasteiger partial charge in [0, 0.05) is 35.4 Å². The lowest BCUT2D eigenvalue weighted by atomic mass is 10.2. The molecule has 2 aliphatic heterocycles. The number of rotatable bonds is 3. The lowest BCUT2D eigenvalue weighted by Gasteiger charge is -2.22. The number of nitrogens with one attached hydrogen (secondary N) is 2. The van der Waals surface area contributed by atoms with Gasteiger partial charge in [-0.3, -0.25) is 4.79 Å². The molecule has 0 saturated carbocycles. The molecular formula is C19H18ClN3O4. The minimum atomic E-state index is -0.362. The van der Waals surface area contributed by atoms with E-state index < -0.39 is 0 Å². The molecule has 2 N–H and O–H groups in total. The van der Waals surface area contributed by atoms with Crippen molar-refractivity contribution < 1.29 is 19.1 Å². The highest BCUT2D eigenvalue weighted by Gasteiger charge is 2.32. The van der Waals surface area contributed by atoms with Crippen molar-refractivity contribution in [2.45, 2.75) is 12.5 Å². The predicted octanol–water partition coefficient (Wildman–Crippen LogP) is 3.04. The van der Waals surface area contributed by atoms with E-state index in [2.05, 4.69) is 10.6 Å². The van der Waals surface area contributed by atoms with Crippen LogP contribution < -0.4 is 25.0 Å². The molecule has 0 bridgehead atoms. The molecule has 0 spiro atoms. The van der Waals surface area contributed by atoms with E-state index in [1.165, 1.54) is 0 Å². The van der Waals surface area contributed by atoms with Crippen molar-refractivity contribution in [3.8, 4) is 11.5 Å². The molecule has 27 heavy (non-hydrogen) atoms. The van der Waals surface area contributed by atoms with Crippen molar-refractivity contribution in [3.63, 3.8) is 0 Å². The molecule has 2 aliphatic rings. The van der Waals surface area contributed by atoms with Crippen LogP contribution in [0.4, 0.5) is 16.2 Å². The van der Waals surface area contributed by atoms with Crippen LogP contribution in [0.1, 0.15) is 6.42 Å². The van der Waals surface area contributed by atoms with Crippen LogP contribution in [0, 0.1) is 0 Å². The lowest BCUT2D eigenvalue weighted by molar-refractivity contribution is -0.117. The van der Waals surface area contributed by atoms with Crippen LogP contribution in [0.5, 0.6) is 11.5 Å². The minimum absolute atomic E-state index is 0.0523. The number of urea groups is 1. The number of hydrogen-bond acceptors (Lipinski definition) is 4. The fourth-order valence-corrected chi connectivity index (χ4v) is 3.27. The quantitative estimate of drug-likeness (QED) is 0.848. The highest BCUT2D eigenvalue weighted by molar-refractivity contribution is 6.30. The van der Waals surface area contributed by atoms with E-state index in [1.54, 1.807) is 41.3 Å². The Morgan fingerprint density at radius 1 is 1.07 bits per heavy atom. The molecular weight excluding hydrogens is 370 g/mol. The van der Waals surface area contributed by atoms with E-state index >= 15 is 0 Å². The number of anilines is 2. The van der Waals surface area contributed by atoms with Crippen LogP contribution in [-0.4, -0.2) is 37.7 Å². The number of ether oxygens (including phenoxy) is 2. The van der Waals surface area contributed by atoms with Gasteiger partial charge in [0.2, 0.25) is 5.91 Å². The molecule has 3 amide bonds. The highest BCUT2D eigenvalue weighted by atomic mass is 35.5. The topological polar surface area (TPSA) is 79.9 Å². The second-order valence-corrected chi connectivity index (χ2v) is 6.78. The number of hydrogen-bond donors (Lipinski definition) is 2. The number of fused-ring (bicyclic) bond motifs is 1. The van der Waals surface area contributed by atoms with E-state index in [-0.39, 0.29) is 24.4 Å². The van der Waals surface area contributed by atoms with Crippen LogP contribution >= 0.6 is 11.6 Å². The van der Waals surface area contributed by atoms with Gasteiger partial charge in [0.1, 0.15) is 13.2 Å². The Hall–Kier alpha value is -2.93. The first kappa shape index (κ1) is 17.5. The SMILES string of the molecule is O=C(Nc1ccc(Cl)cc1)NC1CC(=O)N(c2ccc3c(c2)OCCO3)C1. The molecule has 2 heterocycles. The first-order valence-electron chi connectivity index (χ1n) is 8.61. The summed E-state index contributed by atoms with van der Waals surface area (Å²) in [5.41, 5.74) is 1.36. The molecule has 7 nitrogen and oxygen atoms in total. The van der Waals surface area contributed by atoms with Crippen molar-refractivity contribution >= 4 is 34.9 Å². The van der Waals surface area contributed by atoms with Gasteiger partial charge >= 0.3 is 6.03 Å². The molecule has 0 radical (unpaired) electrons. The Bertz CT molecular complexity index is 872. The third kappa shape index (κ3) is 3.93. The second kappa shape index (κ2) is 7.36. The van der Waals surface area contributed by atoms with Gasteiger partial charge in [-0.05, 0) is 36.4 Å². The first-order valence-corrected chi connectivity index (χ1v) is 8.99. The van der Waals surface area contributed by atoms with E-state index in [1.807, 2.05) is 6.07 Å². The van der Waals surface area contributed by atoms with Gasteiger partial charge in [-0.15, -0.1) is 0 Å². The zero-order chi connectivity index (χ0) is 18.8. The summed E-state index contributed by atoms with van der Waals surface area (Å²) in [6.45, 7) is 1.40. The van der Waals surface area contributed by atoms with Gasteiger partial charge in [-0.1, -0.05) is 11.6 Å². The fourth-order valence-electron chi connectivity index (χ4n) is 3.14. The maximum Gasteiger partial charge on any atom is 0.319 e. The Labute approximate surface area is 161 Å². The Balaban J connectivity index is 1.38.